The van der Waals surface area contributed by atoms with Gasteiger partial charge in [-0.15, -0.1) is 0 Å². The molecule has 0 bridgehead atoms. The molecule has 0 aliphatic rings. The molecule has 57 valence electrons. The third-order valence-corrected chi connectivity index (χ3v) is 0. The van der Waals surface area contributed by atoms with Crippen LogP contribution in [0.25, 0.3) is 0 Å². The molecule has 0 unspecified atom stereocenters. The summed E-state index contributed by atoms with van der Waals surface area (Å²) in [6, 6.07) is 0. The van der Waals surface area contributed by atoms with Crippen molar-refractivity contribution in [2.75, 3.05) is 0 Å². The van der Waals surface area contributed by atoms with Crippen molar-refractivity contribution in [1.82, 2.24) is 0 Å². The zero-order valence-corrected chi connectivity index (χ0v) is 14.7. The Bertz CT molecular complexity index is 38.6. The van der Waals surface area contributed by atoms with Crippen LogP contribution in [0.5, 0.6) is 0 Å². The van der Waals surface area contributed by atoms with Crippen molar-refractivity contribution in [2.24, 2.45) is 0 Å². The van der Waals surface area contributed by atoms with Gasteiger partial charge >= 0.3 is 21.1 Å². The van der Waals surface area contributed by atoms with Crippen LogP contribution in [0.4, 0.5) is 0 Å². The van der Waals surface area contributed by atoms with E-state index in [4.69, 9.17) is 9.90 Å². The number of allylic oxidation sites excluding steroid dienone is 1. The van der Waals surface area contributed by atoms with Crippen molar-refractivity contribution < 1.29 is 84.7 Å². The quantitative estimate of drug-likeness (QED) is 0.453. The van der Waals surface area contributed by atoms with Crippen LogP contribution in [-0.2, 0) is 79.6 Å². The molecule has 1 N–H and O–H groups in total. The fourth-order valence-electron chi connectivity index (χ4n) is 0. The van der Waals surface area contributed by atoms with E-state index < -0.39 is 0 Å². The Kier molecular flexibility index (Phi) is 304. The van der Waals surface area contributed by atoms with E-state index in [0.29, 0.717) is 6.47 Å². The minimum absolute atomic E-state index is 0. The molecule has 0 aromatic rings. The summed E-state index contributed by atoms with van der Waals surface area (Å²) >= 11 is 0. The SMILES string of the molecule is C=[C-]C.O=[C-]O.[CH3-].[W+2].[W].[Y]. The second kappa shape index (κ2) is 73.7. The molecule has 1 radical (unpaired) electrons. The minimum atomic E-state index is 0. The van der Waals surface area contributed by atoms with Crippen LogP contribution in [0.1, 0.15) is 6.92 Å². The summed E-state index contributed by atoms with van der Waals surface area (Å²) in [5.41, 5.74) is 0. The molecule has 0 rings (SSSR count). The number of hydrogen-bond acceptors (Lipinski definition) is 1. The molecular formula is C5H9O2W2Y-. The van der Waals surface area contributed by atoms with Crippen LogP contribution >= 0.6 is 0 Å². The van der Waals surface area contributed by atoms with Gasteiger partial charge in [-0.3, -0.25) is 6.58 Å². The second-order valence-electron chi connectivity index (χ2n) is 0.445. The van der Waals surface area contributed by atoms with Crippen molar-refractivity contribution in [1.29, 1.82) is 0 Å². The van der Waals surface area contributed by atoms with Gasteiger partial charge in [0.05, 0.1) is 0 Å². The normalized spacial score (nSPS) is 2.50. The van der Waals surface area contributed by atoms with E-state index in [0.717, 1.165) is 0 Å². The summed E-state index contributed by atoms with van der Waals surface area (Å²) < 4.78 is 0. The molecule has 10 heavy (non-hydrogen) atoms. The van der Waals surface area contributed by atoms with E-state index in [9.17, 15) is 0 Å². The monoisotopic (exact) mass is 558 g/mol. The van der Waals surface area contributed by atoms with Crippen molar-refractivity contribution in [3.63, 3.8) is 0 Å². The maximum absolute atomic E-state index is 8.24. The molecule has 5 heteroatoms. The standard InChI is InChI=1S/C3H5.CHO2.CH3.2W.Y/c1-3-2;2-1-3;;;;/h1H2,2H3;(H,2,3);1H3;;;/q3*-1;;+2;. The summed E-state index contributed by atoms with van der Waals surface area (Å²) in [7, 11) is 0. The number of rotatable bonds is 0. The fraction of sp³-hybridized carbons (Fsp3) is 0.200. The average molecular weight is 558 g/mol. The molecule has 0 heterocycles. The van der Waals surface area contributed by atoms with E-state index >= 15 is 0 Å². The number of aliphatic hydroxyl groups excluding tert-OH is 1. The van der Waals surface area contributed by atoms with E-state index in [1.54, 1.807) is 6.92 Å². The van der Waals surface area contributed by atoms with Crippen molar-refractivity contribution in [3.8, 4) is 0 Å². The van der Waals surface area contributed by atoms with Gasteiger partial charge in [-0.2, -0.15) is 6.92 Å². The van der Waals surface area contributed by atoms with Crippen molar-refractivity contribution >= 4 is 6.47 Å². The van der Waals surface area contributed by atoms with Gasteiger partial charge < -0.3 is 23.4 Å². The zero-order chi connectivity index (χ0) is 5.41. The first-order valence-electron chi connectivity index (χ1n) is 1.28. The third-order valence-electron chi connectivity index (χ3n) is 0. The van der Waals surface area contributed by atoms with Crippen molar-refractivity contribution in [2.45, 2.75) is 6.92 Å². The molecule has 0 atom stereocenters. The molecule has 0 fully saturated rings. The zero-order valence-electron chi connectivity index (χ0n) is 5.96. The largest absolute Gasteiger partial charge is 2.00 e. The van der Waals surface area contributed by atoms with Gasteiger partial charge in [-0.05, 0) is 0 Å². The molecule has 0 aliphatic heterocycles. The topological polar surface area (TPSA) is 37.3 Å². The molecule has 0 amide bonds. The summed E-state index contributed by atoms with van der Waals surface area (Å²) in [5.74, 6) is 0. The first-order valence-corrected chi connectivity index (χ1v) is 1.28. The molecule has 0 saturated heterocycles. The predicted molar refractivity (Wildman–Crippen MR) is 29.3 cm³/mol. The maximum atomic E-state index is 8.24. The maximum Gasteiger partial charge on any atom is 2.00 e. The summed E-state index contributed by atoms with van der Waals surface area (Å²) in [6.45, 7) is 5.50. The van der Waals surface area contributed by atoms with Gasteiger partial charge in [0.2, 0.25) is 0 Å². The Hall–Kier alpha value is 1.69. The van der Waals surface area contributed by atoms with Gasteiger partial charge in [0.25, 0.3) is 0 Å². The molecule has 2 nitrogen and oxygen atoms in total. The van der Waals surface area contributed by atoms with Crippen LogP contribution in [-0.4, -0.2) is 11.6 Å². The first-order chi connectivity index (χ1) is 2.83. The second-order valence-corrected chi connectivity index (χ2v) is 0.445. The van der Waals surface area contributed by atoms with Crippen LogP contribution in [0.3, 0.4) is 0 Å². The van der Waals surface area contributed by atoms with Gasteiger partial charge in [-0.1, -0.05) is 6.47 Å². The summed E-state index contributed by atoms with van der Waals surface area (Å²) in [6.07, 6.45) is 2.50. The minimum Gasteiger partial charge on any atom is -0.665 e. The average Bonchev–Trinajstić information content (AvgIpc) is 1.39. The Morgan fingerprint density at radius 1 is 1.50 bits per heavy atom. The molecule has 0 aliphatic carbocycles. The van der Waals surface area contributed by atoms with Gasteiger partial charge in [-0.25, -0.2) is 0 Å². The van der Waals surface area contributed by atoms with E-state index in [2.05, 4.69) is 12.7 Å². The Labute approximate surface area is 117 Å². The van der Waals surface area contributed by atoms with Crippen molar-refractivity contribution in [3.05, 3.63) is 20.1 Å². The Balaban J connectivity index is -0.00000000571. The molecule has 0 aromatic heterocycles. The smallest absolute Gasteiger partial charge is 0.665 e. The van der Waals surface area contributed by atoms with Crippen LogP contribution < -0.4 is 0 Å². The van der Waals surface area contributed by atoms with Crippen LogP contribution in [0.15, 0.2) is 6.58 Å². The fourth-order valence-corrected chi connectivity index (χ4v) is 0. The van der Waals surface area contributed by atoms with Gasteiger partial charge in [0.1, 0.15) is 0 Å². The molecule has 0 saturated carbocycles. The Morgan fingerprint density at radius 3 is 1.50 bits per heavy atom. The van der Waals surface area contributed by atoms with Gasteiger partial charge in [0.15, 0.2) is 0 Å². The van der Waals surface area contributed by atoms with E-state index in [1.807, 2.05) is 0 Å². The predicted octanol–water partition coefficient (Wildman–Crippen LogP) is 1.05. The molecule has 0 spiro atoms. The molecule has 0 aromatic carbocycles. The van der Waals surface area contributed by atoms with E-state index in [1.165, 1.54) is 0 Å². The third kappa shape index (κ3) is 256. The van der Waals surface area contributed by atoms with Crippen LogP contribution in [0, 0.1) is 13.5 Å². The van der Waals surface area contributed by atoms with E-state index in [-0.39, 0.29) is 82.3 Å². The Morgan fingerprint density at radius 2 is 1.50 bits per heavy atom. The molecular weight excluding hydrogens is 549 g/mol. The first kappa shape index (κ1) is 41.3. The number of hydrogen-bond donors (Lipinski definition) is 1. The summed E-state index contributed by atoms with van der Waals surface area (Å²) in [5, 5.41) is 6.76. The van der Waals surface area contributed by atoms with Gasteiger partial charge in [0, 0.05) is 53.8 Å². The summed E-state index contributed by atoms with van der Waals surface area (Å²) in [4.78, 5) is 8.24. The van der Waals surface area contributed by atoms with Crippen LogP contribution in [0.2, 0.25) is 0 Å².